The SMILES string of the molecule is [B]c1cc(CC=O)c(-c2ccc(Cl)s2)o1. The lowest BCUT2D eigenvalue weighted by Gasteiger charge is -1.94. The molecule has 0 aliphatic heterocycles. The van der Waals surface area contributed by atoms with E-state index in [1.165, 1.54) is 11.3 Å². The fraction of sp³-hybridized carbons (Fsp3) is 0.100. The van der Waals surface area contributed by atoms with Crippen LogP contribution in [-0.4, -0.2) is 14.1 Å². The molecule has 0 saturated heterocycles. The van der Waals surface area contributed by atoms with Gasteiger partial charge < -0.3 is 9.21 Å². The first-order valence-electron chi connectivity index (χ1n) is 4.28. The van der Waals surface area contributed by atoms with Crippen LogP contribution in [0.4, 0.5) is 0 Å². The predicted octanol–water partition coefficient (Wildman–Crippen LogP) is 2.20. The van der Waals surface area contributed by atoms with Crippen molar-refractivity contribution in [1.82, 2.24) is 0 Å². The van der Waals surface area contributed by atoms with Crippen LogP contribution < -0.4 is 5.66 Å². The Morgan fingerprint density at radius 2 is 2.33 bits per heavy atom. The minimum atomic E-state index is 0.297. The van der Waals surface area contributed by atoms with Crippen LogP contribution >= 0.6 is 22.9 Å². The highest BCUT2D eigenvalue weighted by Crippen LogP contribution is 2.33. The summed E-state index contributed by atoms with van der Waals surface area (Å²) < 4.78 is 6.02. The summed E-state index contributed by atoms with van der Waals surface area (Å²) in [6.07, 6.45) is 1.12. The van der Waals surface area contributed by atoms with Crippen LogP contribution in [0.5, 0.6) is 0 Å². The van der Waals surface area contributed by atoms with Crippen LogP contribution in [0.3, 0.4) is 0 Å². The van der Waals surface area contributed by atoms with E-state index in [1.54, 1.807) is 12.1 Å². The Bertz CT molecular complexity index is 489. The number of carbonyl (C=O) groups excluding carboxylic acids is 1. The summed E-state index contributed by atoms with van der Waals surface area (Å²) in [5, 5.41) is 0. The fourth-order valence-electron chi connectivity index (χ4n) is 1.34. The molecule has 0 aliphatic rings. The van der Waals surface area contributed by atoms with Gasteiger partial charge in [0.25, 0.3) is 0 Å². The molecule has 0 atom stereocenters. The van der Waals surface area contributed by atoms with Crippen molar-refractivity contribution in [3.63, 3.8) is 0 Å². The highest BCUT2D eigenvalue weighted by molar-refractivity contribution is 7.19. The van der Waals surface area contributed by atoms with Gasteiger partial charge in [-0.05, 0) is 18.2 Å². The molecule has 0 aliphatic carbocycles. The average molecular weight is 236 g/mol. The Morgan fingerprint density at radius 1 is 1.53 bits per heavy atom. The van der Waals surface area contributed by atoms with E-state index in [1.807, 2.05) is 6.07 Å². The maximum atomic E-state index is 10.5. The van der Waals surface area contributed by atoms with Crippen molar-refractivity contribution in [1.29, 1.82) is 0 Å². The van der Waals surface area contributed by atoms with Crippen molar-refractivity contribution >= 4 is 42.7 Å². The average Bonchev–Trinajstić information content (AvgIpc) is 2.73. The monoisotopic (exact) mass is 236 g/mol. The number of rotatable bonds is 3. The molecule has 0 spiro atoms. The van der Waals surface area contributed by atoms with Gasteiger partial charge in [0.15, 0.2) is 7.85 Å². The van der Waals surface area contributed by atoms with Crippen molar-refractivity contribution in [2.24, 2.45) is 0 Å². The lowest BCUT2D eigenvalue weighted by molar-refractivity contribution is -0.107. The third-order valence-electron chi connectivity index (χ3n) is 1.93. The van der Waals surface area contributed by atoms with E-state index in [-0.39, 0.29) is 0 Å². The third-order valence-corrected chi connectivity index (χ3v) is 3.16. The topological polar surface area (TPSA) is 30.2 Å². The second kappa shape index (κ2) is 4.25. The van der Waals surface area contributed by atoms with Crippen molar-refractivity contribution < 1.29 is 9.21 Å². The van der Waals surface area contributed by atoms with Crippen molar-refractivity contribution in [2.45, 2.75) is 6.42 Å². The Kier molecular flexibility index (Phi) is 2.98. The largest absolute Gasteiger partial charge is 0.472 e. The lowest BCUT2D eigenvalue weighted by Crippen LogP contribution is -1.94. The van der Waals surface area contributed by atoms with Crippen molar-refractivity contribution in [3.8, 4) is 10.6 Å². The molecular weight excluding hydrogens is 230 g/mol. The molecule has 0 unspecified atom stereocenters. The number of hydrogen-bond acceptors (Lipinski definition) is 3. The summed E-state index contributed by atoms with van der Waals surface area (Å²) in [5.41, 5.74) is 1.10. The highest BCUT2D eigenvalue weighted by Gasteiger charge is 2.12. The van der Waals surface area contributed by atoms with Crippen LogP contribution in [0.1, 0.15) is 5.56 Å². The minimum Gasteiger partial charge on any atom is -0.472 e. The summed E-state index contributed by atoms with van der Waals surface area (Å²) in [5.74, 6) is 0.636. The van der Waals surface area contributed by atoms with Crippen molar-refractivity contribution in [3.05, 3.63) is 28.1 Å². The highest BCUT2D eigenvalue weighted by atomic mass is 35.5. The van der Waals surface area contributed by atoms with Gasteiger partial charge >= 0.3 is 0 Å². The molecule has 0 N–H and O–H groups in total. The van der Waals surface area contributed by atoms with Gasteiger partial charge in [0, 0.05) is 17.6 Å². The molecule has 2 nitrogen and oxygen atoms in total. The summed E-state index contributed by atoms with van der Waals surface area (Å²) in [6.45, 7) is 0. The minimum absolute atomic E-state index is 0.297. The van der Waals surface area contributed by atoms with Gasteiger partial charge in [-0.15, -0.1) is 11.3 Å². The van der Waals surface area contributed by atoms with E-state index in [4.69, 9.17) is 23.9 Å². The van der Waals surface area contributed by atoms with Crippen LogP contribution in [0, 0.1) is 0 Å². The zero-order valence-corrected chi connectivity index (χ0v) is 9.27. The zero-order chi connectivity index (χ0) is 10.8. The van der Waals surface area contributed by atoms with Gasteiger partial charge in [0.1, 0.15) is 12.0 Å². The van der Waals surface area contributed by atoms with E-state index >= 15 is 0 Å². The van der Waals surface area contributed by atoms with Gasteiger partial charge in [0.05, 0.1) is 9.21 Å². The fourth-order valence-corrected chi connectivity index (χ4v) is 2.40. The molecular formula is C10H6BClO2S. The molecule has 0 saturated carbocycles. The Labute approximate surface area is 97.3 Å². The number of furan rings is 1. The maximum absolute atomic E-state index is 10.5. The molecule has 0 aromatic carbocycles. The first-order chi connectivity index (χ1) is 7.20. The quantitative estimate of drug-likeness (QED) is 0.604. The van der Waals surface area contributed by atoms with Gasteiger partial charge in [-0.1, -0.05) is 11.6 Å². The first-order valence-corrected chi connectivity index (χ1v) is 5.47. The van der Waals surface area contributed by atoms with E-state index in [9.17, 15) is 4.79 Å². The van der Waals surface area contributed by atoms with Gasteiger partial charge in [-0.2, -0.15) is 0 Å². The summed E-state index contributed by atoms with van der Waals surface area (Å²) in [6, 6.07) is 5.29. The van der Waals surface area contributed by atoms with E-state index < -0.39 is 0 Å². The smallest absolute Gasteiger partial charge is 0.167 e. The van der Waals surface area contributed by atoms with Crippen LogP contribution in [0.2, 0.25) is 4.34 Å². The molecule has 0 fully saturated rings. The molecule has 2 radical (unpaired) electrons. The number of aldehydes is 1. The van der Waals surface area contributed by atoms with Gasteiger partial charge in [0.2, 0.25) is 0 Å². The lowest BCUT2D eigenvalue weighted by atomic mass is 10.0. The normalized spacial score (nSPS) is 10.5. The maximum Gasteiger partial charge on any atom is 0.167 e. The van der Waals surface area contributed by atoms with Gasteiger partial charge in [-0.3, -0.25) is 0 Å². The molecule has 2 aromatic heterocycles. The summed E-state index contributed by atoms with van der Waals surface area (Å²) >= 11 is 7.22. The number of halogens is 1. The molecule has 2 aromatic rings. The van der Waals surface area contributed by atoms with Crippen molar-refractivity contribution in [2.75, 3.05) is 0 Å². The third kappa shape index (κ3) is 2.16. The molecule has 2 rings (SSSR count). The summed E-state index contributed by atoms with van der Waals surface area (Å²) in [4.78, 5) is 11.4. The molecule has 0 amide bonds. The van der Waals surface area contributed by atoms with Crippen LogP contribution in [0.15, 0.2) is 22.6 Å². The van der Waals surface area contributed by atoms with Crippen LogP contribution in [0.25, 0.3) is 10.6 Å². The molecule has 2 heterocycles. The number of hydrogen-bond donors (Lipinski definition) is 0. The first kappa shape index (κ1) is 10.5. The standard InChI is InChI=1S/C10H6BClO2S/c11-8-5-6(3-4-13)10(14-8)7-1-2-9(12)15-7/h1-2,4-5H,3H2. The Morgan fingerprint density at radius 3 is 2.93 bits per heavy atom. The number of thiophene rings is 1. The summed E-state index contributed by atoms with van der Waals surface area (Å²) in [7, 11) is 5.54. The predicted molar refractivity (Wildman–Crippen MR) is 62.2 cm³/mol. The molecule has 15 heavy (non-hydrogen) atoms. The second-order valence-corrected chi connectivity index (χ2v) is 4.69. The van der Waals surface area contributed by atoms with Crippen LogP contribution in [-0.2, 0) is 11.2 Å². The molecule has 74 valence electrons. The molecule has 5 heteroatoms. The molecule has 0 bridgehead atoms. The zero-order valence-electron chi connectivity index (χ0n) is 7.70. The van der Waals surface area contributed by atoms with E-state index in [0.717, 1.165) is 16.7 Å². The Balaban J connectivity index is 2.46. The number of carbonyl (C=O) groups is 1. The van der Waals surface area contributed by atoms with Gasteiger partial charge in [-0.25, -0.2) is 0 Å². The van der Waals surface area contributed by atoms with E-state index in [0.29, 0.717) is 22.2 Å². The second-order valence-electron chi connectivity index (χ2n) is 2.98. The van der Waals surface area contributed by atoms with E-state index in [2.05, 4.69) is 0 Å². The Hall–Kier alpha value is -0.995.